The summed E-state index contributed by atoms with van der Waals surface area (Å²) in [5.74, 6) is 0. The van der Waals surface area contributed by atoms with Crippen molar-refractivity contribution in [1.29, 1.82) is 0 Å². The van der Waals surface area contributed by atoms with Crippen LogP contribution >= 0.6 is 0 Å². The maximum atomic E-state index is 12.5. The van der Waals surface area contributed by atoms with Gasteiger partial charge in [0.1, 0.15) is 12.7 Å². The summed E-state index contributed by atoms with van der Waals surface area (Å²) in [6, 6.07) is 9.91. The Morgan fingerprint density at radius 2 is 2.04 bits per heavy atom. The van der Waals surface area contributed by atoms with Crippen LogP contribution in [0.15, 0.2) is 43.0 Å². The van der Waals surface area contributed by atoms with Crippen LogP contribution < -0.4 is 5.32 Å². The molecule has 1 aromatic carbocycles. The highest BCUT2D eigenvalue weighted by atomic mass is 16.5. The third-order valence-electron chi connectivity index (χ3n) is 3.91. The number of benzene rings is 1. The second-order valence-electron chi connectivity index (χ2n) is 5.46. The summed E-state index contributed by atoms with van der Waals surface area (Å²) >= 11 is 0. The largest absolute Gasteiger partial charge is 0.378 e. The van der Waals surface area contributed by atoms with Crippen molar-refractivity contribution in [2.75, 3.05) is 26.3 Å². The first-order chi connectivity index (χ1) is 11.3. The van der Waals surface area contributed by atoms with Gasteiger partial charge in [-0.3, -0.25) is 4.68 Å². The molecule has 7 heteroatoms. The van der Waals surface area contributed by atoms with Gasteiger partial charge in [0.2, 0.25) is 0 Å². The van der Waals surface area contributed by atoms with Gasteiger partial charge in [0.15, 0.2) is 0 Å². The Morgan fingerprint density at radius 3 is 2.74 bits per heavy atom. The lowest BCUT2D eigenvalue weighted by Crippen LogP contribution is -2.47. The van der Waals surface area contributed by atoms with E-state index in [-0.39, 0.29) is 12.1 Å². The Balaban J connectivity index is 1.65. The second-order valence-corrected chi connectivity index (χ2v) is 5.46. The Morgan fingerprint density at radius 1 is 1.26 bits per heavy atom. The average Bonchev–Trinajstić information content (AvgIpc) is 3.13. The van der Waals surface area contributed by atoms with Crippen LogP contribution in [-0.2, 0) is 11.3 Å². The fourth-order valence-corrected chi connectivity index (χ4v) is 2.62. The lowest BCUT2D eigenvalue weighted by atomic mass is 10.0. The van der Waals surface area contributed by atoms with Gasteiger partial charge in [-0.2, -0.15) is 5.10 Å². The number of amides is 2. The fourth-order valence-electron chi connectivity index (χ4n) is 2.62. The van der Waals surface area contributed by atoms with Crippen LogP contribution in [0.4, 0.5) is 4.79 Å². The summed E-state index contributed by atoms with van der Waals surface area (Å²) in [5.41, 5.74) is 1.09. The minimum atomic E-state index is -0.0595. The first-order valence-corrected chi connectivity index (χ1v) is 7.83. The molecule has 1 N–H and O–H groups in total. The van der Waals surface area contributed by atoms with Crippen molar-refractivity contribution in [3.8, 4) is 0 Å². The molecular weight excluding hydrogens is 294 g/mol. The van der Waals surface area contributed by atoms with E-state index in [0.717, 1.165) is 12.0 Å². The van der Waals surface area contributed by atoms with E-state index in [1.165, 1.54) is 6.33 Å². The summed E-state index contributed by atoms with van der Waals surface area (Å²) in [6.07, 6.45) is 3.96. The third-order valence-corrected chi connectivity index (χ3v) is 3.91. The number of nitrogens with zero attached hydrogens (tertiary/aromatic N) is 4. The molecule has 1 saturated heterocycles. The molecule has 0 aliphatic carbocycles. The van der Waals surface area contributed by atoms with Crippen LogP contribution in [0.2, 0.25) is 0 Å². The van der Waals surface area contributed by atoms with E-state index in [1.807, 2.05) is 30.3 Å². The number of carbonyl (C=O) groups is 1. The average molecular weight is 315 g/mol. The van der Waals surface area contributed by atoms with Crippen molar-refractivity contribution in [2.24, 2.45) is 0 Å². The predicted molar refractivity (Wildman–Crippen MR) is 84.7 cm³/mol. The zero-order chi connectivity index (χ0) is 15.9. The molecule has 0 saturated carbocycles. The zero-order valence-electron chi connectivity index (χ0n) is 13.0. The molecule has 122 valence electrons. The van der Waals surface area contributed by atoms with Crippen molar-refractivity contribution >= 4 is 6.03 Å². The maximum Gasteiger partial charge on any atom is 0.318 e. The SMILES string of the molecule is O=C(NC(CCn1cncn1)c1ccccc1)N1CCOCC1. The molecule has 0 bridgehead atoms. The molecule has 0 spiro atoms. The number of ether oxygens (including phenoxy) is 1. The first-order valence-electron chi connectivity index (χ1n) is 7.83. The Kier molecular flexibility index (Phi) is 5.21. The maximum absolute atomic E-state index is 12.5. The van der Waals surface area contributed by atoms with Crippen LogP contribution in [-0.4, -0.2) is 52.0 Å². The van der Waals surface area contributed by atoms with Crippen molar-refractivity contribution in [3.63, 3.8) is 0 Å². The van der Waals surface area contributed by atoms with Gasteiger partial charge >= 0.3 is 6.03 Å². The molecule has 23 heavy (non-hydrogen) atoms. The normalized spacial score (nSPS) is 16.1. The molecule has 3 rings (SSSR count). The minimum absolute atomic E-state index is 0.0410. The molecule has 1 atom stereocenters. The van der Waals surface area contributed by atoms with E-state index in [2.05, 4.69) is 15.4 Å². The van der Waals surface area contributed by atoms with E-state index >= 15 is 0 Å². The molecular formula is C16H21N5O2. The smallest absolute Gasteiger partial charge is 0.318 e. The number of hydrogen-bond acceptors (Lipinski definition) is 4. The lowest BCUT2D eigenvalue weighted by Gasteiger charge is -2.29. The molecule has 1 fully saturated rings. The Bertz CT molecular complexity index is 596. The van der Waals surface area contributed by atoms with Crippen LogP contribution in [0, 0.1) is 0 Å². The summed E-state index contributed by atoms with van der Waals surface area (Å²) in [6.45, 7) is 3.17. The number of urea groups is 1. The molecule has 1 unspecified atom stereocenters. The first kappa shape index (κ1) is 15.5. The van der Waals surface area contributed by atoms with E-state index in [0.29, 0.717) is 32.8 Å². The van der Waals surface area contributed by atoms with Gasteiger partial charge in [-0.25, -0.2) is 9.78 Å². The molecule has 1 aromatic heterocycles. The number of aryl methyl sites for hydroxylation is 1. The highest BCUT2D eigenvalue weighted by Gasteiger charge is 2.21. The molecule has 0 radical (unpaired) electrons. The number of nitrogens with one attached hydrogen (secondary N) is 1. The monoisotopic (exact) mass is 315 g/mol. The van der Waals surface area contributed by atoms with Gasteiger partial charge in [0.05, 0.1) is 19.3 Å². The van der Waals surface area contributed by atoms with Crippen LogP contribution in [0.1, 0.15) is 18.0 Å². The predicted octanol–water partition coefficient (Wildman–Crippen LogP) is 1.45. The summed E-state index contributed by atoms with van der Waals surface area (Å²) < 4.78 is 7.07. The van der Waals surface area contributed by atoms with Crippen molar-refractivity contribution < 1.29 is 9.53 Å². The second kappa shape index (κ2) is 7.73. The zero-order valence-corrected chi connectivity index (χ0v) is 13.0. The minimum Gasteiger partial charge on any atom is -0.378 e. The van der Waals surface area contributed by atoms with E-state index in [9.17, 15) is 4.79 Å². The standard InChI is InChI=1S/C16H21N5O2/c22-16(20-8-10-23-11-9-20)19-15(14-4-2-1-3-5-14)6-7-21-13-17-12-18-21/h1-5,12-13,15H,6-11H2,(H,19,22). The third kappa shape index (κ3) is 4.29. The summed E-state index contributed by atoms with van der Waals surface area (Å²) in [5, 5.41) is 7.25. The van der Waals surface area contributed by atoms with E-state index in [1.54, 1.807) is 15.9 Å². The topological polar surface area (TPSA) is 72.3 Å². The fraction of sp³-hybridized carbons (Fsp3) is 0.438. The highest BCUT2D eigenvalue weighted by molar-refractivity contribution is 5.74. The molecule has 2 aromatic rings. The van der Waals surface area contributed by atoms with Crippen molar-refractivity contribution in [2.45, 2.75) is 19.0 Å². The van der Waals surface area contributed by atoms with E-state index in [4.69, 9.17) is 4.74 Å². The molecule has 2 amide bonds. The number of carbonyl (C=O) groups excluding carboxylic acids is 1. The summed E-state index contributed by atoms with van der Waals surface area (Å²) in [7, 11) is 0. The molecule has 2 heterocycles. The van der Waals surface area contributed by atoms with Gasteiger partial charge in [0, 0.05) is 19.6 Å². The van der Waals surface area contributed by atoms with E-state index < -0.39 is 0 Å². The van der Waals surface area contributed by atoms with Gasteiger partial charge < -0.3 is 15.0 Å². The number of rotatable bonds is 5. The molecule has 1 aliphatic heterocycles. The molecule has 7 nitrogen and oxygen atoms in total. The number of aromatic nitrogens is 3. The number of morpholine rings is 1. The van der Waals surface area contributed by atoms with Crippen molar-refractivity contribution in [3.05, 3.63) is 48.5 Å². The van der Waals surface area contributed by atoms with Crippen LogP contribution in [0.5, 0.6) is 0 Å². The van der Waals surface area contributed by atoms with Gasteiger partial charge in [-0.05, 0) is 12.0 Å². The Labute approximate surface area is 135 Å². The Hall–Kier alpha value is -2.41. The number of hydrogen-bond donors (Lipinski definition) is 1. The quantitative estimate of drug-likeness (QED) is 0.906. The molecule has 1 aliphatic rings. The highest BCUT2D eigenvalue weighted by Crippen LogP contribution is 2.18. The van der Waals surface area contributed by atoms with Crippen LogP contribution in [0.3, 0.4) is 0 Å². The van der Waals surface area contributed by atoms with Gasteiger partial charge in [-0.15, -0.1) is 0 Å². The van der Waals surface area contributed by atoms with Gasteiger partial charge in [0.25, 0.3) is 0 Å². The van der Waals surface area contributed by atoms with Crippen molar-refractivity contribution in [1.82, 2.24) is 25.0 Å². The lowest BCUT2D eigenvalue weighted by molar-refractivity contribution is 0.0523. The summed E-state index contributed by atoms with van der Waals surface area (Å²) in [4.78, 5) is 18.2. The van der Waals surface area contributed by atoms with Crippen LogP contribution in [0.25, 0.3) is 0 Å². The van der Waals surface area contributed by atoms with Gasteiger partial charge in [-0.1, -0.05) is 30.3 Å².